The highest BCUT2D eigenvalue weighted by Gasteiger charge is 2.10. The van der Waals surface area contributed by atoms with Gasteiger partial charge < -0.3 is 9.73 Å². The molecule has 2 heterocycles. The van der Waals surface area contributed by atoms with Crippen molar-refractivity contribution in [3.63, 3.8) is 0 Å². The number of aromatic amines is 1. The number of rotatable bonds is 3. The van der Waals surface area contributed by atoms with Crippen LogP contribution in [0.25, 0.3) is 11.1 Å². The Kier molecular flexibility index (Phi) is 2.71. The second kappa shape index (κ2) is 4.52. The summed E-state index contributed by atoms with van der Waals surface area (Å²) in [6.07, 6.45) is 2.01. The van der Waals surface area contributed by atoms with Crippen LogP contribution in [0.2, 0.25) is 0 Å². The second-order valence-electron chi connectivity index (χ2n) is 3.93. The lowest BCUT2D eigenvalue weighted by Crippen LogP contribution is -2.13. The summed E-state index contributed by atoms with van der Waals surface area (Å²) in [6.45, 7) is 1.97. The van der Waals surface area contributed by atoms with E-state index in [1.807, 2.05) is 6.92 Å². The Morgan fingerprint density at radius 2 is 2.37 bits per heavy atom. The summed E-state index contributed by atoms with van der Waals surface area (Å²) >= 11 is 0. The number of carbonyl (C=O) groups is 1. The fraction of sp³-hybridized carbons (Fsp3) is 0.167. The molecule has 19 heavy (non-hydrogen) atoms. The van der Waals surface area contributed by atoms with E-state index in [1.54, 1.807) is 18.2 Å². The van der Waals surface area contributed by atoms with Crippen LogP contribution in [-0.4, -0.2) is 26.1 Å². The molecule has 0 aliphatic heterocycles. The molecule has 1 aromatic carbocycles. The fourth-order valence-electron chi connectivity index (χ4n) is 1.71. The molecule has 0 aliphatic carbocycles. The third kappa shape index (κ3) is 2.17. The van der Waals surface area contributed by atoms with Gasteiger partial charge in [0.05, 0.1) is 0 Å². The van der Waals surface area contributed by atoms with Crippen LogP contribution in [0.15, 0.2) is 28.9 Å². The highest BCUT2D eigenvalue weighted by molar-refractivity contribution is 6.02. The van der Waals surface area contributed by atoms with Gasteiger partial charge in [0, 0.05) is 12.1 Å². The number of amides is 1. The number of aromatic nitrogens is 4. The fourth-order valence-corrected chi connectivity index (χ4v) is 1.71. The highest BCUT2D eigenvalue weighted by atomic mass is 16.3. The zero-order chi connectivity index (χ0) is 13.2. The van der Waals surface area contributed by atoms with Gasteiger partial charge in [-0.05, 0) is 18.2 Å². The van der Waals surface area contributed by atoms with Gasteiger partial charge in [-0.2, -0.15) is 5.10 Å². The molecule has 0 spiro atoms. The lowest BCUT2D eigenvalue weighted by molar-refractivity contribution is 0.101. The first kappa shape index (κ1) is 11.4. The smallest absolute Gasteiger partial charge is 0.292 e. The molecule has 3 aromatic rings. The van der Waals surface area contributed by atoms with Crippen LogP contribution in [0.3, 0.4) is 0 Å². The number of aryl methyl sites for hydroxylation is 1. The highest BCUT2D eigenvalue weighted by Crippen LogP contribution is 2.20. The standard InChI is InChI=1S/C12H11N5O2/c1-2-10-16-8-5-7(3-4-9(8)19-10)15-12(18)11-13-6-14-17-11/h3-6H,2H2,1H3,(H,15,18)(H,13,14,17). The normalized spacial score (nSPS) is 10.8. The first-order valence-corrected chi connectivity index (χ1v) is 5.82. The summed E-state index contributed by atoms with van der Waals surface area (Å²) in [7, 11) is 0. The summed E-state index contributed by atoms with van der Waals surface area (Å²) in [5, 5.41) is 8.83. The molecule has 0 saturated carbocycles. The van der Waals surface area contributed by atoms with E-state index in [-0.39, 0.29) is 11.7 Å². The van der Waals surface area contributed by atoms with E-state index in [4.69, 9.17) is 4.42 Å². The zero-order valence-corrected chi connectivity index (χ0v) is 10.2. The van der Waals surface area contributed by atoms with Crippen molar-refractivity contribution in [1.82, 2.24) is 20.2 Å². The van der Waals surface area contributed by atoms with Crippen LogP contribution in [0.5, 0.6) is 0 Å². The van der Waals surface area contributed by atoms with Gasteiger partial charge >= 0.3 is 0 Å². The number of H-pyrrole nitrogens is 1. The molecule has 2 N–H and O–H groups in total. The minimum atomic E-state index is -0.351. The molecule has 1 amide bonds. The average molecular weight is 257 g/mol. The van der Waals surface area contributed by atoms with Crippen molar-refractivity contribution in [2.45, 2.75) is 13.3 Å². The molecular formula is C12H11N5O2. The molecule has 0 bridgehead atoms. The van der Waals surface area contributed by atoms with E-state index in [9.17, 15) is 4.79 Å². The summed E-state index contributed by atoms with van der Waals surface area (Å²) in [5.74, 6) is 0.485. The zero-order valence-electron chi connectivity index (χ0n) is 10.2. The van der Waals surface area contributed by atoms with Gasteiger partial charge in [0.15, 0.2) is 11.5 Å². The summed E-state index contributed by atoms with van der Waals surface area (Å²) < 4.78 is 5.50. The van der Waals surface area contributed by atoms with Crippen molar-refractivity contribution in [2.75, 3.05) is 5.32 Å². The maximum absolute atomic E-state index is 11.8. The minimum absolute atomic E-state index is 0.162. The van der Waals surface area contributed by atoms with E-state index >= 15 is 0 Å². The third-order valence-corrected chi connectivity index (χ3v) is 2.62. The number of nitrogens with zero attached hydrogens (tertiary/aromatic N) is 3. The number of nitrogens with one attached hydrogen (secondary N) is 2. The molecule has 96 valence electrons. The van der Waals surface area contributed by atoms with Crippen LogP contribution >= 0.6 is 0 Å². The van der Waals surface area contributed by atoms with Crippen molar-refractivity contribution in [3.05, 3.63) is 36.2 Å². The molecule has 0 unspecified atom stereocenters. The quantitative estimate of drug-likeness (QED) is 0.745. The number of fused-ring (bicyclic) bond motifs is 1. The van der Waals surface area contributed by atoms with E-state index in [2.05, 4.69) is 25.5 Å². The molecule has 2 aromatic heterocycles. The Bertz CT molecular complexity index is 717. The van der Waals surface area contributed by atoms with Crippen molar-refractivity contribution >= 4 is 22.7 Å². The SMILES string of the molecule is CCc1nc2cc(NC(=O)c3ncn[nH]3)ccc2o1. The van der Waals surface area contributed by atoms with Crippen LogP contribution in [0.4, 0.5) is 5.69 Å². The number of anilines is 1. The van der Waals surface area contributed by atoms with Gasteiger partial charge in [-0.3, -0.25) is 9.89 Å². The molecule has 0 saturated heterocycles. The van der Waals surface area contributed by atoms with Gasteiger partial charge in [0.1, 0.15) is 11.8 Å². The molecule has 3 rings (SSSR count). The largest absolute Gasteiger partial charge is 0.441 e. The first-order chi connectivity index (χ1) is 9.26. The van der Waals surface area contributed by atoms with Crippen LogP contribution in [-0.2, 0) is 6.42 Å². The topological polar surface area (TPSA) is 96.7 Å². The maximum Gasteiger partial charge on any atom is 0.292 e. The van der Waals surface area contributed by atoms with Gasteiger partial charge in [-0.1, -0.05) is 6.92 Å². The summed E-state index contributed by atoms with van der Waals surface area (Å²) in [4.78, 5) is 19.9. The van der Waals surface area contributed by atoms with Crippen LogP contribution in [0, 0.1) is 0 Å². The lowest BCUT2D eigenvalue weighted by Gasteiger charge is -2.01. The van der Waals surface area contributed by atoms with E-state index in [1.165, 1.54) is 6.33 Å². The monoisotopic (exact) mass is 257 g/mol. The number of hydrogen-bond acceptors (Lipinski definition) is 5. The average Bonchev–Trinajstić information content (AvgIpc) is 3.07. The Hall–Kier alpha value is -2.70. The molecular weight excluding hydrogens is 246 g/mol. The second-order valence-corrected chi connectivity index (χ2v) is 3.93. The Morgan fingerprint density at radius 3 is 3.11 bits per heavy atom. The predicted molar refractivity (Wildman–Crippen MR) is 67.7 cm³/mol. The molecule has 7 nitrogen and oxygen atoms in total. The van der Waals surface area contributed by atoms with Gasteiger partial charge in [0.2, 0.25) is 5.82 Å². The number of carbonyl (C=O) groups excluding carboxylic acids is 1. The Balaban J connectivity index is 1.87. The van der Waals surface area contributed by atoms with Crippen molar-refractivity contribution in [3.8, 4) is 0 Å². The number of benzene rings is 1. The van der Waals surface area contributed by atoms with E-state index in [0.29, 0.717) is 22.7 Å². The Morgan fingerprint density at radius 1 is 1.47 bits per heavy atom. The number of oxazole rings is 1. The first-order valence-electron chi connectivity index (χ1n) is 5.82. The van der Waals surface area contributed by atoms with Gasteiger partial charge in [-0.25, -0.2) is 9.97 Å². The Labute approximate surface area is 108 Å². The summed E-state index contributed by atoms with van der Waals surface area (Å²) in [5.41, 5.74) is 2.05. The number of hydrogen-bond donors (Lipinski definition) is 2. The van der Waals surface area contributed by atoms with E-state index < -0.39 is 0 Å². The van der Waals surface area contributed by atoms with Crippen molar-refractivity contribution < 1.29 is 9.21 Å². The van der Waals surface area contributed by atoms with Crippen LogP contribution in [0.1, 0.15) is 23.4 Å². The van der Waals surface area contributed by atoms with Gasteiger partial charge in [-0.15, -0.1) is 0 Å². The molecule has 0 aliphatic rings. The van der Waals surface area contributed by atoms with E-state index in [0.717, 1.165) is 6.42 Å². The minimum Gasteiger partial charge on any atom is -0.441 e. The predicted octanol–water partition coefficient (Wildman–Crippen LogP) is 1.76. The van der Waals surface area contributed by atoms with Gasteiger partial charge in [0.25, 0.3) is 5.91 Å². The molecule has 0 fully saturated rings. The molecule has 0 atom stereocenters. The molecule has 7 heteroatoms. The van der Waals surface area contributed by atoms with Crippen molar-refractivity contribution in [2.24, 2.45) is 0 Å². The van der Waals surface area contributed by atoms with Crippen molar-refractivity contribution in [1.29, 1.82) is 0 Å². The van der Waals surface area contributed by atoms with Crippen LogP contribution < -0.4 is 5.32 Å². The summed E-state index contributed by atoms with van der Waals surface area (Å²) in [6, 6.07) is 5.28. The lowest BCUT2D eigenvalue weighted by atomic mass is 10.3. The third-order valence-electron chi connectivity index (χ3n) is 2.62. The molecule has 0 radical (unpaired) electrons. The maximum atomic E-state index is 11.8.